The lowest BCUT2D eigenvalue weighted by molar-refractivity contribution is -0.141. The van der Waals surface area contributed by atoms with E-state index in [9.17, 15) is 9.18 Å². The Morgan fingerprint density at radius 1 is 1.28 bits per heavy atom. The summed E-state index contributed by atoms with van der Waals surface area (Å²) in [6.45, 7) is 2.56. The van der Waals surface area contributed by atoms with E-state index >= 15 is 0 Å². The van der Waals surface area contributed by atoms with Gasteiger partial charge in [0.2, 0.25) is 0 Å². The number of halogens is 1. The first-order valence-electron chi connectivity index (χ1n) is 11.0. The van der Waals surface area contributed by atoms with Gasteiger partial charge in [-0.05, 0) is 44.4 Å². The Balaban J connectivity index is 1.57. The highest BCUT2D eigenvalue weighted by Crippen LogP contribution is 2.29. The molecule has 0 amide bonds. The Morgan fingerprint density at radius 2 is 2.19 bits per heavy atom. The van der Waals surface area contributed by atoms with Gasteiger partial charge in [-0.15, -0.1) is 0 Å². The van der Waals surface area contributed by atoms with E-state index in [1.807, 2.05) is 11.0 Å². The maximum Gasteiger partial charge on any atom is 0.328 e. The lowest BCUT2D eigenvalue weighted by Gasteiger charge is -2.27. The van der Waals surface area contributed by atoms with Gasteiger partial charge in [0.15, 0.2) is 5.82 Å². The second kappa shape index (κ2) is 8.70. The number of carbonyl (C=O) groups excluding carboxylic acids is 1. The highest BCUT2D eigenvalue weighted by Gasteiger charge is 2.33. The molecule has 5 heterocycles. The summed E-state index contributed by atoms with van der Waals surface area (Å²) < 4.78 is 20.6. The van der Waals surface area contributed by atoms with E-state index in [2.05, 4.69) is 15.6 Å². The number of ether oxygens (including phenoxy) is 1. The molecule has 0 bridgehead atoms. The van der Waals surface area contributed by atoms with Crippen LogP contribution in [-0.2, 0) is 9.53 Å². The molecule has 2 fully saturated rings. The van der Waals surface area contributed by atoms with Crippen LogP contribution in [0.3, 0.4) is 0 Å². The largest absolute Gasteiger partial charge is 0.467 e. The van der Waals surface area contributed by atoms with E-state index in [4.69, 9.17) is 14.7 Å². The summed E-state index contributed by atoms with van der Waals surface area (Å²) in [7, 11) is 1.40. The van der Waals surface area contributed by atoms with Gasteiger partial charge in [0.1, 0.15) is 34.8 Å². The molecule has 0 aromatic carbocycles. The van der Waals surface area contributed by atoms with Crippen LogP contribution in [0.1, 0.15) is 25.7 Å². The van der Waals surface area contributed by atoms with Crippen LogP contribution in [-0.4, -0.2) is 64.1 Å². The van der Waals surface area contributed by atoms with Crippen molar-refractivity contribution >= 4 is 23.3 Å². The van der Waals surface area contributed by atoms with Crippen molar-refractivity contribution in [2.75, 3.05) is 37.0 Å². The van der Waals surface area contributed by atoms with Gasteiger partial charge in [-0.2, -0.15) is 0 Å². The zero-order chi connectivity index (χ0) is 22.1. The first-order valence-corrected chi connectivity index (χ1v) is 11.0. The monoisotopic (exact) mass is 439 g/mol. The Bertz CT molecular complexity index is 1130. The molecule has 2 unspecified atom stereocenters. The number of anilines is 2. The van der Waals surface area contributed by atoms with Gasteiger partial charge in [0, 0.05) is 31.4 Å². The Labute approximate surface area is 185 Å². The number of hydrogen-bond acceptors (Lipinski definition) is 8. The molecule has 2 N–H and O–H groups in total. The number of imidazole rings is 1. The van der Waals surface area contributed by atoms with Crippen molar-refractivity contribution in [1.82, 2.24) is 24.7 Å². The van der Waals surface area contributed by atoms with Crippen LogP contribution in [0.4, 0.5) is 16.0 Å². The number of esters is 1. The van der Waals surface area contributed by atoms with Crippen molar-refractivity contribution in [2.45, 2.75) is 37.8 Å². The number of pyridine rings is 1. The molecule has 0 saturated carbocycles. The fourth-order valence-corrected chi connectivity index (χ4v) is 4.50. The lowest BCUT2D eigenvalue weighted by Crippen LogP contribution is -2.39. The third-order valence-corrected chi connectivity index (χ3v) is 6.08. The molecule has 2 saturated heterocycles. The van der Waals surface area contributed by atoms with E-state index < -0.39 is 0 Å². The smallest absolute Gasteiger partial charge is 0.328 e. The van der Waals surface area contributed by atoms with E-state index in [1.54, 1.807) is 16.7 Å². The van der Waals surface area contributed by atoms with Crippen LogP contribution in [0.15, 0.2) is 30.6 Å². The van der Waals surface area contributed by atoms with Gasteiger partial charge in [-0.1, -0.05) is 0 Å². The second-order valence-electron chi connectivity index (χ2n) is 8.22. The Kier molecular flexibility index (Phi) is 5.60. The first-order chi connectivity index (χ1) is 15.6. The molecule has 2 aliphatic rings. The lowest BCUT2D eigenvalue weighted by atomic mass is 10.1. The molecule has 3 aromatic rings. The number of rotatable bonds is 5. The topological polar surface area (TPSA) is 96.7 Å². The molecular weight excluding hydrogens is 413 g/mol. The van der Waals surface area contributed by atoms with Gasteiger partial charge >= 0.3 is 5.97 Å². The molecule has 10 heteroatoms. The van der Waals surface area contributed by atoms with Crippen molar-refractivity contribution in [3.05, 3.63) is 36.4 Å². The number of methoxy groups -OCH3 is 1. The summed E-state index contributed by atoms with van der Waals surface area (Å²) in [6, 6.07) is 4.73. The molecule has 32 heavy (non-hydrogen) atoms. The zero-order valence-electron chi connectivity index (χ0n) is 17.9. The van der Waals surface area contributed by atoms with Crippen LogP contribution in [0, 0.1) is 5.82 Å². The maximum atomic E-state index is 13.9. The molecule has 5 rings (SSSR count). The predicted molar refractivity (Wildman–Crippen MR) is 118 cm³/mol. The molecule has 9 nitrogen and oxygen atoms in total. The molecule has 0 spiro atoms. The summed E-state index contributed by atoms with van der Waals surface area (Å²) in [5.74, 6) is 1.08. The van der Waals surface area contributed by atoms with Gasteiger partial charge in [0.25, 0.3) is 0 Å². The standard InChI is InChI=1S/C22H26FN7O2/c1-32-22(31)16-5-3-9-29(16)20-10-18(26-15-4-2-8-24-11-15)27-21(28-20)17-12-25-19-7-6-14(23)13-30(17)19/h6-7,10,12-13,15-16,24H,2-5,8-9,11H2,1H3,(H,26,27,28). The van der Waals surface area contributed by atoms with Gasteiger partial charge in [-0.3, -0.25) is 4.40 Å². The quantitative estimate of drug-likeness (QED) is 0.585. The molecular formula is C22H26FN7O2. The van der Waals surface area contributed by atoms with Gasteiger partial charge in [0.05, 0.1) is 13.3 Å². The van der Waals surface area contributed by atoms with Crippen molar-refractivity contribution < 1.29 is 13.9 Å². The van der Waals surface area contributed by atoms with Crippen LogP contribution in [0.2, 0.25) is 0 Å². The molecule has 0 radical (unpaired) electrons. The van der Waals surface area contributed by atoms with Crippen molar-refractivity contribution in [1.29, 1.82) is 0 Å². The minimum absolute atomic E-state index is 0.244. The number of hydrogen-bond donors (Lipinski definition) is 2. The highest BCUT2D eigenvalue weighted by atomic mass is 19.1. The summed E-state index contributed by atoms with van der Waals surface area (Å²) in [4.78, 5) is 28.2. The number of piperidine rings is 1. The number of carbonyl (C=O) groups is 1. The number of aromatic nitrogens is 4. The fourth-order valence-electron chi connectivity index (χ4n) is 4.50. The molecule has 2 atom stereocenters. The van der Waals surface area contributed by atoms with Crippen LogP contribution < -0.4 is 15.5 Å². The zero-order valence-corrected chi connectivity index (χ0v) is 17.9. The van der Waals surface area contributed by atoms with Gasteiger partial charge in [-0.25, -0.2) is 24.1 Å². The Morgan fingerprint density at radius 3 is 3.00 bits per heavy atom. The van der Waals surface area contributed by atoms with Gasteiger partial charge < -0.3 is 20.3 Å². The molecule has 2 aliphatic heterocycles. The van der Waals surface area contributed by atoms with Crippen molar-refractivity contribution in [3.8, 4) is 11.5 Å². The summed E-state index contributed by atoms with van der Waals surface area (Å²) in [5, 5.41) is 6.90. The van der Waals surface area contributed by atoms with E-state index in [0.29, 0.717) is 41.8 Å². The number of nitrogens with zero attached hydrogens (tertiary/aromatic N) is 5. The SMILES string of the molecule is COC(=O)C1CCCN1c1cc(NC2CCCNC2)nc(-c2cnc3ccc(F)cn23)n1. The number of fused-ring (bicyclic) bond motifs is 1. The van der Waals surface area contributed by atoms with E-state index in [0.717, 1.165) is 32.4 Å². The predicted octanol–water partition coefficient (Wildman–Crippen LogP) is 2.24. The average Bonchev–Trinajstić information content (AvgIpc) is 3.46. The van der Waals surface area contributed by atoms with E-state index in [-0.39, 0.29) is 23.9 Å². The summed E-state index contributed by atoms with van der Waals surface area (Å²) in [6.07, 6.45) is 6.72. The van der Waals surface area contributed by atoms with Crippen LogP contribution in [0.25, 0.3) is 17.2 Å². The normalized spacial score (nSPS) is 21.1. The van der Waals surface area contributed by atoms with Crippen molar-refractivity contribution in [2.24, 2.45) is 0 Å². The molecule has 3 aromatic heterocycles. The third-order valence-electron chi connectivity index (χ3n) is 6.08. The summed E-state index contributed by atoms with van der Waals surface area (Å²) >= 11 is 0. The first kappa shape index (κ1) is 20.6. The van der Waals surface area contributed by atoms with E-state index in [1.165, 1.54) is 19.4 Å². The minimum atomic E-state index is -0.383. The highest BCUT2D eigenvalue weighted by molar-refractivity contribution is 5.80. The third kappa shape index (κ3) is 3.97. The average molecular weight is 439 g/mol. The number of nitrogens with one attached hydrogen (secondary N) is 2. The maximum absolute atomic E-state index is 13.9. The van der Waals surface area contributed by atoms with Crippen molar-refractivity contribution in [3.63, 3.8) is 0 Å². The fraction of sp³-hybridized carbons (Fsp3) is 0.455. The Hall–Kier alpha value is -3.27. The van der Waals surface area contributed by atoms with Crippen LogP contribution >= 0.6 is 0 Å². The minimum Gasteiger partial charge on any atom is -0.467 e. The molecule has 0 aliphatic carbocycles. The second-order valence-corrected chi connectivity index (χ2v) is 8.22. The van der Waals surface area contributed by atoms with Crippen LogP contribution in [0.5, 0.6) is 0 Å². The summed E-state index contributed by atoms with van der Waals surface area (Å²) in [5.41, 5.74) is 1.19. The molecule has 168 valence electrons.